The zero-order valence-corrected chi connectivity index (χ0v) is 11.7. The zero-order chi connectivity index (χ0) is 13.7. The number of nitrogens with one attached hydrogen (secondary N) is 1. The van der Waals surface area contributed by atoms with Gasteiger partial charge in [-0.3, -0.25) is 4.79 Å². The Morgan fingerprint density at radius 2 is 2.16 bits per heavy atom. The van der Waals surface area contributed by atoms with Crippen LogP contribution in [0.2, 0.25) is 0 Å². The van der Waals surface area contributed by atoms with E-state index >= 15 is 0 Å². The molecule has 0 spiro atoms. The molecule has 1 N–H and O–H groups in total. The summed E-state index contributed by atoms with van der Waals surface area (Å²) in [5.41, 5.74) is 0.654. The summed E-state index contributed by atoms with van der Waals surface area (Å²) >= 11 is 0. The quantitative estimate of drug-likeness (QED) is 0.814. The molecule has 0 bridgehead atoms. The fraction of sp³-hybridized carbons (Fsp3) is 0.533. The maximum Gasteiger partial charge on any atom is 0.257 e. The topological polar surface area (TPSA) is 41.6 Å². The van der Waals surface area contributed by atoms with Crippen molar-refractivity contribution in [1.29, 1.82) is 0 Å². The van der Waals surface area contributed by atoms with Crippen molar-refractivity contribution in [2.75, 3.05) is 33.8 Å². The number of para-hydroxylation sites is 1. The predicted octanol–water partition coefficient (Wildman–Crippen LogP) is 1.77. The Kier molecular flexibility index (Phi) is 4.80. The molecule has 4 heteroatoms. The molecule has 1 aliphatic carbocycles. The molecular formula is C15H22N2O2. The number of ether oxygens (including phenoxy) is 1. The summed E-state index contributed by atoms with van der Waals surface area (Å²) in [4.78, 5) is 14.1. The van der Waals surface area contributed by atoms with Gasteiger partial charge in [-0.2, -0.15) is 0 Å². The van der Waals surface area contributed by atoms with E-state index in [4.69, 9.17) is 4.74 Å². The van der Waals surface area contributed by atoms with Gasteiger partial charge in [-0.1, -0.05) is 12.1 Å². The number of hydrogen-bond acceptors (Lipinski definition) is 3. The molecule has 1 fully saturated rings. The largest absolute Gasteiger partial charge is 0.492 e. The van der Waals surface area contributed by atoms with Crippen LogP contribution in [0.25, 0.3) is 0 Å². The van der Waals surface area contributed by atoms with Gasteiger partial charge in [0.15, 0.2) is 0 Å². The Morgan fingerprint density at radius 3 is 2.84 bits per heavy atom. The third kappa shape index (κ3) is 3.96. The van der Waals surface area contributed by atoms with E-state index in [2.05, 4.69) is 5.32 Å². The average Bonchev–Trinajstić information content (AvgIpc) is 3.26. The highest BCUT2D eigenvalue weighted by atomic mass is 16.5. The van der Waals surface area contributed by atoms with Crippen LogP contribution >= 0.6 is 0 Å². The van der Waals surface area contributed by atoms with Gasteiger partial charge in [0.1, 0.15) is 5.75 Å². The first-order chi connectivity index (χ1) is 9.22. The monoisotopic (exact) mass is 262 g/mol. The maximum atomic E-state index is 12.3. The summed E-state index contributed by atoms with van der Waals surface area (Å²) in [5, 5.41) is 3.04. The van der Waals surface area contributed by atoms with Gasteiger partial charge in [0.05, 0.1) is 12.2 Å². The van der Waals surface area contributed by atoms with E-state index in [1.54, 1.807) is 4.90 Å². The van der Waals surface area contributed by atoms with Crippen LogP contribution < -0.4 is 10.1 Å². The third-order valence-electron chi connectivity index (χ3n) is 3.33. The molecule has 0 aromatic heterocycles. The number of likely N-dealkylation sites (N-methyl/N-ethyl adjacent to an activating group) is 2. The van der Waals surface area contributed by atoms with Crippen LogP contribution in [0.1, 0.15) is 23.2 Å². The van der Waals surface area contributed by atoms with E-state index in [1.807, 2.05) is 38.4 Å². The smallest absolute Gasteiger partial charge is 0.257 e. The van der Waals surface area contributed by atoms with Gasteiger partial charge in [0.25, 0.3) is 5.91 Å². The minimum Gasteiger partial charge on any atom is -0.492 e. The SMILES string of the molecule is CNCCN(C)C(=O)c1ccccc1OCC1CC1. The second-order valence-corrected chi connectivity index (χ2v) is 5.08. The van der Waals surface area contributed by atoms with Crippen LogP contribution in [0.4, 0.5) is 0 Å². The minimum absolute atomic E-state index is 0.0154. The van der Waals surface area contributed by atoms with Crippen molar-refractivity contribution in [3.05, 3.63) is 29.8 Å². The van der Waals surface area contributed by atoms with Gasteiger partial charge >= 0.3 is 0 Å². The highest BCUT2D eigenvalue weighted by Crippen LogP contribution is 2.30. The molecule has 0 atom stereocenters. The fourth-order valence-corrected chi connectivity index (χ4v) is 1.85. The van der Waals surface area contributed by atoms with Crippen LogP contribution in [0.5, 0.6) is 5.75 Å². The van der Waals surface area contributed by atoms with Crippen molar-refractivity contribution < 1.29 is 9.53 Å². The Labute approximate surface area is 114 Å². The second kappa shape index (κ2) is 6.57. The van der Waals surface area contributed by atoms with Crippen molar-refractivity contribution in [1.82, 2.24) is 10.2 Å². The van der Waals surface area contributed by atoms with E-state index in [0.29, 0.717) is 23.8 Å². The Bertz CT molecular complexity index is 430. The molecule has 19 heavy (non-hydrogen) atoms. The lowest BCUT2D eigenvalue weighted by Crippen LogP contribution is -2.33. The van der Waals surface area contributed by atoms with E-state index < -0.39 is 0 Å². The summed E-state index contributed by atoms with van der Waals surface area (Å²) in [5.74, 6) is 1.41. The number of carbonyl (C=O) groups is 1. The Balaban J connectivity index is 2.02. The lowest BCUT2D eigenvalue weighted by molar-refractivity contribution is 0.0792. The Hall–Kier alpha value is -1.55. The lowest BCUT2D eigenvalue weighted by atomic mass is 10.1. The highest BCUT2D eigenvalue weighted by molar-refractivity contribution is 5.96. The van der Waals surface area contributed by atoms with E-state index in [0.717, 1.165) is 13.2 Å². The first kappa shape index (κ1) is 13.9. The molecule has 1 amide bonds. The average molecular weight is 262 g/mol. The van der Waals surface area contributed by atoms with E-state index in [1.165, 1.54) is 12.8 Å². The Morgan fingerprint density at radius 1 is 1.42 bits per heavy atom. The maximum absolute atomic E-state index is 12.3. The van der Waals surface area contributed by atoms with Crippen LogP contribution in [-0.2, 0) is 0 Å². The summed E-state index contributed by atoms with van der Waals surface area (Å²) in [6, 6.07) is 7.50. The van der Waals surface area contributed by atoms with E-state index in [-0.39, 0.29) is 5.91 Å². The molecule has 0 radical (unpaired) electrons. The van der Waals surface area contributed by atoms with Crippen molar-refractivity contribution in [2.24, 2.45) is 5.92 Å². The highest BCUT2D eigenvalue weighted by Gasteiger charge is 2.23. The summed E-state index contributed by atoms with van der Waals surface area (Å²) in [6.45, 7) is 2.20. The lowest BCUT2D eigenvalue weighted by Gasteiger charge is -2.19. The molecule has 4 nitrogen and oxygen atoms in total. The van der Waals surface area contributed by atoms with Crippen LogP contribution in [0.3, 0.4) is 0 Å². The van der Waals surface area contributed by atoms with E-state index in [9.17, 15) is 4.79 Å². The first-order valence-corrected chi connectivity index (χ1v) is 6.84. The predicted molar refractivity (Wildman–Crippen MR) is 75.5 cm³/mol. The van der Waals surface area contributed by atoms with Gasteiger partial charge in [0.2, 0.25) is 0 Å². The molecule has 0 aliphatic heterocycles. The molecule has 1 aromatic carbocycles. The minimum atomic E-state index is 0.0154. The van der Waals surface area contributed by atoms with Gasteiger partial charge < -0.3 is 15.0 Å². The van der Waals surface area contributed by atoms with Crippen molar-refractivity contribution in [2.45, 2.75) is 12.8 Å². The van der Waals surface area contributed by atoms with Gasteiger partial charge in [-0.05, 0) is 37.9 Å². The van der Waals surface area contributed by atoms with Crippen LogP contribution in [-0.4, -0.2) is 44.6 Å². The number of carbonyl (C=O) groups excluding carboxylic acids is 1. The number of benzene rings is 1. The van der Waals surface area contributed by atoms with Crippen LogP contribution in [0.15, 0.2) is 24.3 Å². The summed E-state index contributed by atoms with van der Waals surface area (Å²) < 4.78 is 5.77. The molecular weight excluding hydrogens is 240 g/mol. The molecule has 0 unspecified atom stereocenters. The number of nitrogens with zero attached hydrogens (tertiary/aromatic N) is 1. The standard InChI is InChI=1S/C15H22N2O2/c1-16-9-10-17(2)15(18)13-5-3-4-6-14(13)19-11-12-7-8-12/h3-6,12,16H,7-11H2,1-2H3. The van der Waals surface area contributed by atoms with Gasteiger partial charge in [0, 0.05) is 20.1 Å². The van der Waals surface area contributed by atoms with Gasteiger partial charge in [-0.15, -0.1) is 0 Å². The third-order valence-corrected chi connectivity index (χ3v) is 3.33. The molecule has 1 saturated carbocycles. The van der Waals surface area contributed by atoms with Crippen LogP contribution in [0, 0.1) is 5.92 Å². The number of rotatable bonds is 7. The number of amides is 1. The fourth-order valence-electron chi connectivity index (χ4n) is 1.85. The normalized spacial score (nSPS) is 14.2. The second-order valence-electron chi connectivity index (χ2n) is 5.08. The molecule has 1 aliphatic rings. The summed E-state index contributed by atoms with van der Waals surface area (Å²) in [7, 11) is 3.70. The first-order valence-electron chi connectivity index (χ1n) is 6.84. The van der Waals surface area contributed by atoms with Crippen molar-refractivity contribution in [3.8, 4) is 5.75 Å². The molecule has 2 rings (SSSR count). The molecule has 1 aromatic rings. The molecule has 104 valence electrons. The van der Waals surface area contributed by atoms with Crippen molar-refractivity contribution in [3.63, 3.8) is 0 Å². The molecule has 0 saturated heterocycles. The van der Waals surface area contributed by atoms with Gasteiger partial charge in [-0.25, -0.2) is 0 Å². The van der Waals surface area contributed by atoms with Crippen molar-refractivity contribution >= 4 is 5.91 Å². The number of hydrogen-bond donors (Lipinski definition) is 1. The zero-order valence-electron chi connectivity index (χ0n) is 11.7. The molecule has 0 heterocycles. The summed E-state index contributed by atoms with van der Waals surface area (Å²) in [6.07, 6.45) is 2.50.